The Balaban J connectivity index is 1.30. The third kappa shape index (κ3) is 5.84. The molecule has 0 spiro atoms. The van der Waals surface area contributed by atoms with Gasteiger partial charge in [-0.25, -0.2) is 9.98 Å². The van der Waals surface area contributed by atoms with Crippen LogP contribution in [-0.4, -0.2) is 60.4 Å². The van der Waals surface area contributed by atoms with E-state index in [0.29, 0.717) is 48.5 Å². The van der Waals surface area contributed by atoms with Crippen molar-refractivity contribution in [3.63, 3.8) is 0 Å². The van der Waals surface area contributed by atoms with Crippen molar-refractivity contribution in [2.75, 3.05) is 38.2 Å². The van der Waals surface area contributed by atoms with Gasteiger partial charge in [0.2, 0.25) is 5.91 Å². The van der Waals surface area contributed by atoms with Crippen LogP contribution in [0.2, 0.25) is 0 Å². The number of rotatable bonds is 7. The number of thiazole rings is 1. The third-order valence-corrected chi connectivity index (χ3v) is 8.43. The maximum atomic E-state index is 13.0. The summed E-state index contributed by atoms with van der Waals surface area (Å²) in [5.74, 6) is 0.629. The number of aromatic nitrogens is 1. The molecule has 1 aromatic heterocycles. The molecule has 10 nitrogen and oxygen atoms in total. The number of likely N-dealkylation sites (tertiary alicyclic amines) is 1. The number of nitrogens with one attached hydrogen (secondary N) is 3. The van der Waals surface area contributed by atoms with Gasteiger partial charge in [0.1, 0.15) is 11.5 Å². The number of benzene rings is 1. The second-order valence-electron chi connectivity index (χ2n) is 10.6. The summed E-state index contributed by atoms with van der Waals surface area (Å²) in [6, 6.07) is 7.36. The Bertz CT molecular complexity index is 1320. The normalized spacial score (nSPS) is 21.4. The van der Waals surface area contributed by atoms with E-state index in [4.69, 9.17) is 10.5 Å². The van der Waals surface area contributed by atoms with Gasteiger partial charge in [-0.15, -0.1) is 11.3 Å². The Morgan fingerprint density at radius 2 is 1.97 bits per heavy atom. The van der Waals surface area contributed by atoms with Crippen molar-refractivity contribution < 1.29 is 14.3 Å². The molecule has 4 heterocycles. The molecule has 0 bridgehead atoms. The highest BCUT2D eigenvalue weighted by atomic mass is 32.1. The molecular formula is C28H35N7O3S. The molecule has 1 atom stereocenters. The van der Waals surface area contributed by atoms with Crippen LogP contribution in [0.25, 0.3) is 5.70 Å². The van der Waals surface area contributed by atoms with Crippen LogP contribution in [0, 0.1) is 25.2 Å². The summed E-state index contributed by atoms with van der Waals surface area (Å²) in [7, 11) is 0. The number of anilines is 1. The lowest BCUT2D eigenvalue weighted by molar-refractivity contribution is -0.170. The van der Waals surface area contributed by atoms with E-state index in [1.165, 1.54) is 11.3 Å². The smallest absolute Gasteiger partial charge is 0.257 e. The molecule has 5 N–H and O–H groups in total. The van der Waals surface area contributed by atoms with E-state index in [1.807, 2.05) is 37.8 Å². The SMILES string of the molecule is Cc1nc(NC(=O)c2ccc(/C(NC[C@@H]3CCCN(C(=O)C4(C)COC4)C3)=C3/NC=CN=C3N)cc2)sc1C. The molecule has 2 aromatic rings. The van der Waals surface area contributed by atoms with Crippen molar-refractivity contribution in [2.45, 2.75) is 33.6 Å². The lowest BCUT2D eigenvalue weighted by Gasteiger charge is -2.43. The Labute approximate surface area is 232 Å². The molecule has 2 amide bonds. The average molecular weight is 550 g/mol. The first-order valence-corrected chi connectivity index (χ1v) is 14.0. The summed E-state index contributed by atoms with van der Waals surface area (Å²) in [4.78, 5) is 37.6. The Hall–Kier alpha value is -3.70. The highest BCUT2D eigenvalue weighted by molar-refractivity contribution is 7.15. The van der Waals surface area contributed by atoms with Crippen molar-refractivity contribution in [1.82, 2.24) is 20.5 Å². The first-order chi connectivity index (χ1) is 18.7. The van der Waals surface area contributed by atoms with Crippen LogP contribution in [0.15, 0.2) is 47.4 Å². The van der Waals surface area contributed by atoms with Gasteiger partial charge < -0.3 is 26.0 Å². The maximum absolute atomic E-state index is 13.0. The van der Waals surface area contributed by atoms with E-state index < -0.39 is 5.41 Å². The zero-order chi connectivity index (χ0) is 27.6. The minimum Gasteiger partial charge on any atom is -0.382 e. The first kappa shape index (κ1) is 26.9. The van der Waals surface area contributed by atoms with Crippen molar-refractivity contribution in [2.24, 2.45) is 22.1 Å². The monoisotopic (exact) mass is 549 g/mol. The number of aliphatic imine (C=N–C) groups is 1. The first-order valence-electron chi connectivity index (χ1n) is 13.2. The predicted molar refractivity (Wildman–Crippen MR) is 153 cm³/mol. The summed E-state index contributed by atoms with van der Waals surface area (Å²) in [6.07, 6.45) is 5.34. The van der Waals surface area contributed by atoms with E-state index in [2.05, 4.69) is 25.9 Å². The van der Waals surface area contributed by atoms with Gasteiger partial charge in [-0.3, -0.25) is 14.9 Å². The van der Waals surface area contributed by atoms with Crippen molar-refractivity contribution in [1.29, 1.82) is 0 Å². The van der Waals surface area contributed by atoms with Crippen LogP contribution in [0.5, 0.6) is 0 Å². The van der Waals surface area contributed by atoms with Crippen molar-refractivity contribution >= 4 is 39.8 Å². The minimum absolute atomic E-state index is 0.185. The molecule has 39 heavy (non-hydrogen) atoms. The number of hydrogen-bond acceptors (Lipinski definition) is 9. The summed E-state index contributed by atoms with van der Waals surface area (Å²) < 4.78 is 5.31. The van der Waals surface area contributed by atoms with Crippen molar-refractivity contribution in [3.8, 4) is 0 Å². The number of amidine groups is 1. The van der Waals surface area contributed by atoms with Crippen LogP contribution in [0.1, 0.15) is 46.3 Å². The number of carbonyl (C=O) groups excluding carboxylic acids is 2. The lowest BCUT2D eigenvalue weighted by atomic mass is 9.85. The average Bonchev–Trinajstić information content (AvgIpc) is 3.24. The Morgan fingerprint density at radius 3 is 2.62 bits per heavy atom. The maximum Gasteiger partial charge on any atom is 0.257 e. The standard InChI is InChI=1S/C28H35N7O3S/c1-17-18(2)39-27(33-17)34-25(36)21-8-6-20(7-9-21)22(23-24(29)31-11-10-30-23)32-13-19-5-4-12-35(14-19)26(37)28(3)15-38-16-28/h6-11,19,30,32H,4-5,12-16H2,1-3H3,(H2,29,31)(H,33,34,36)/b23-22-/t19-/m0/s1. The van der Waals surface area contributed by atoms with Gasteiger partial charge >= 0.3 is 0 Å². The van der Waals surface area contributed by atoms with Gasteiger partial charge in [0.15, 0.2) is 5.13 Å². The topological polar surface area (TPSA) is 134 Å². The summed E-state index contributed by atoms with van der Waals surface area (Å²) in [5.41, 5.74) is 9.62. The van der Waals surface area contributed by atoms with E-state index in [-0.39, 0.29) is 17.7 Å². The van der Waals surface area contributed by atoms with Crippen LogP contribution >= 0.6 is 11.3 Å². The highest BCUT2D eigenvalue weighted by Crippen LogP contribution is 2.31. The number of ether oxygens (including phenoxy) is 1. The van der Waals surface area contributed by atoms with Crippen molar-refractivity contribution in [3.05, 3.63) is 64.1 Å². The van der Waals surface area contributed by atoms with E-state index >= 15 is 0 Å². The zero-order valence-electron chi connectivity index (χ0n) is 22.5. The minimum atomic E-state index is -0.392. The van der Waals surface area contributed by atoms with Crippen LogP contribution in [-0.2, 0) is 9.53 Å². The Morgan fingerprint density at radius 1 is 1.23 bits per heavy atom. The molecule has 0 saturated carbocycles. The van der Waals surface area contributed by atoms with Crippen LogP contribution < -0.4 is 21.7 Å². The molecule has 206 valence electrons. The fourth-order valence-electron chi connectivity index (χ4n) is 4.97. The highest BCUT2D eigenvalue weighted by Gasteiger charge is 2.44. The molecular weight excluding hydrogens is 514 g/mol. The molecule has 2 fully saturated rings. The van der Waals surface area contributed by atoms with E-state index in [0.717, 1.165) is 41.2 Å². The molecule has 2 saturated heterocycles. The van der Waals surface area contributed by atoms with Gasteiger partial charge in [0.05, 0.1) is 30.0 Å². The van der Waals surface area contributed by atoms with E-state index in [9.17, 15) is 9.59 Å². The third-order valence-electron chi connectivity index (χ3n) is 7.44. The molecule has 11 heteroatoms. The molecule has 3 aliphatic rings. The summed E-state index contributed by atoms with van der Waals surface area (Å²) in [5, 5.41) is 10.3. The van der Waals surface area contributed by atoms with Gasteiger partial charge in [0, 0.05) is 42.5 Å². The second kappa shape index (κ2) is 11.2. The predicted octanol–water partition coefficient (Wildman–Crippen LogP) is 2.98. The number of amides is 2. The molecule has 5 rings (SSSR count). The fraction of sp³-hybridized carbons (Fsp3) is 0.429. The fourth-order valence-corrected chi connectivity index (χ4v) is 5.78. The Kier molecular flexibility index (Phi) is 7.72. The number of nitrogens with zero attached hydrogens (tertiary/aromatic N) is 3. The summed E-state index contributed by atoms with van der Waals surface area (Å²) >= 11 is 1.46. The number of piperidine rings is 1. The van der Waals surface area contributed by atoms with Gasteiger partial charge in [0.25, 0.3) is 5.91 Å². The van der Waals surface area contributed by atoms with Gasteiger partial charge in [-0.1, -0.05) is 12.1 Å². The molecule has 0 radical (unpaired) electrons. The van der Waals surface area contributed by atoms with E-state index in [1.54, 1.807) is 24.5 Å². The number of carbonyl (C=O) groups is 2. The zero-order valence-corrected chi connectivity index (χ0v) is 23.4. The van der Waals surface area contributed by atoms with Gasteiger partial charge in [-0.2, -0.15) is 0 Å². The van der Waals surface area contributed by atoms with Crippen LogP contribution in [0.3, 0.4) is 0 Å². The number of aryl methyl sites for hydroxylation is 2. The quantitative estimate of drug-likeness (QED) is 0.417. The second-order valence-corrected chi connectivity index (χ2v) is 11.8. The molecule has 1 aromatic carbocycles. The summed E-state index contributed by atoms with van der Waals surface area (Å²) in [6.45, 7) is 9.04. The molecule has 3 aliphatic heterocycles. The number of nitrogens with two attached hydrogens (primary N) is 1. The molecule has 0 unspecified atom stereocenters. The van der Waals surface area contributed by atoms with Gasteiger partial charge in [-0.05, 0) is 57.2 Å². The number of hydrogen-bond donors (Lipinski definition) is 4. The molecule has 0 aliphatic carbocycles. The lowest BCUT2D eigenvalue weighted by Crippen LogP contribution is -2.55. The largest absolute Gasteiger partial charge is 0.382 e. The van der Waals surface area contributed by atoms with Crippen LogP contribution in [0.4, 0.5) is 5.13 Å².